The summed E-state index contributed by atoms with van der Waals surface area (Å²) < 4.78 is 10.3. The Morgan fingerprint density at radius 1 is 1.77 bits per heavy atom. The van der Waals surface area contributed by atoms with E-state index in [4.69, 9.17) is 9.26 Å². The van der Waals surface area contributed by atoms with Gasteiger partial charge in [-0.05, 0) is 13.0 Å². The molecule has 0 saturated carbocycles. The smallest absolute Gasteiger partial charge is 0.236 e. The molecule has 0 radical (unpaired) electrons. The third-order valence-corrected chi connectivity index (χ3v) is 2.48. The number of aromatic nitrogens is 2. The van der Waals surface area contributed by atoms with E-state index in [0.29, 0.717) is 12.5 Å². The quantitative estimate of drug-likeness (QED) is 0.711. The molecule has 1 aromatic rings. The summed E-state index contributed by atoms with van der Waals surface area (Å²) >= 11 is 0. The van der Waals surface area contributed by atoms with Gasteiger partial charge in [-0.1, -0.05) is 5.16 Å². The minimum absolute atomic E-state index is 0.106. The number of hydrogen-bond acceptors (Lipinski definition) is 5. The molecule has 13 heavy (non-hydrogen) atoms. The fourth-order valence-corrected chi connectivity index (χ4v) is 1.79. The van der Waals surface area contributed by atoms with Crippen LogP contribution in [0.1, 0.15) is 12.3 Å². The van der Waals surface area contributed by atoms with Crippen molar-refractivity contribution in [3.05, 3.63) is 12.2 Å². The first kappa shape index (κ1) is 8.65. The van der Waals surface area contributed by atoms with Crippen molar-refractivity contribution in [3.8, 4) is 0 Å². The van der Waals surface area contributed by atoms with Crippen LogP contribution >= 0.6 is 0 Å². The van der Waals surface area contributed by atoms with Crippen molar-refractivity contribution in [2.45, 2.75) is 11.8 Å². The molecule has 1 saturated heterocycles. The molecule has 1 aliphatic heterocycles. The van der Waals surface area contributed by atoms with Crippen LogP contribution in [0.2, 0.25) is 0 Å². The Morgan fingerprint density at radius 3 is 3.23 bits per heavy atom. The maximum Gasteiger partial charge on any atom is 0.236 e. The van der Waals surface area contributed by atoms with Gasteiger partial charge < -0.3 is 14.6 Å². The third kappa shape index (κ3) is 1.45. The molecule has 0 bridgehead atoms. The van der Waals surface area contributed by atoms with Crippen LogP contribution in [0.25, 0.3) is 0 Å². The van der Waals surface area contributed by atoms with Crippen LogP contribution in [-0.2, 0) is 10.2 Å². The third-order valence-electron chi connectivity index (χ3n) is 2.48. The standard InChI is InChI=1S/C8H13N3O2/c1-12-5-8(2-3-9-4-8)7-10-6-11-13-7/h6,9H,2-5H2,1H3. The molecule has 0 amide bonds. The van der Waals surface area contributed by atoms with E-state index in [1.165, 1.54) is 6.33 Å². The first-order valence-corrected chi connectivity index (χ1v) is 4.34. The molecule has 1 aromatic heterocycles. The Morgan fingerprint density at radius 2 is 2.69 bits per heavy atom. The maximum atomic E-state index is 5.19. The Hall–Kier alpha value is -0.940. The second kappa shape index (κ2) is 3.43. The van der Waals surface area contributed by atoms with Crippen LogP contribution in [0.3, 0.4) is 0 Å². The summed E-state index contributed by atoms with van der Waals surface area (Å²) in [7, 11) is 1.69. The number of methoxy groups -OCH3 is 1. The highest BCUT2D eigenvalue weighted by Gasteiger charge is 2.40. The molecule has 2 rings (SSSR count). The van der Waals surface area contributed by atoms with Crippen LogP contribution < -0.4 is 5.32 Å². The van der Waals surface area contributed by atoms with E-state index in [1.807, 2.05) is 0 Å². The number of rotatable bonds is 3. The molecule has 5 heteroatoms. The molecule has 1 atom stereocenters. The minimum Gasteiger partial charge on any atom is -0.384 e. The average Bonchev–Trinajstić information content (AvgIpc) is 2.73. The molecule has 1 aliphatic rings. The Balaban J connectivity index is 2.22. The van der Waals surface area contributed by atoms with Gasteiger partial charge in [-0.25, -0.2) is 0 Å². The SMILES string of the molecule is COCC1(c2ncno2)CCNC1. The Kier molecular flexibility index (Phi) is 2.28. The van der Waals surface area contributed by atoms with E-state index in [0.717, 1.165) is 19.5 Å². The van der Waals surface area contributed by atoms with Crippen LogP contribution in [0.4, 0.5) is 0 Å². The van der Waals surface area contributed by atoms with Gasteiger partial charge in [-0.2, -0.15) is 4.98 Å². The molecule has 72 valence electrons. The predicted octanol–water partition coefficient (Wildman–Crippen LogP) is -0.0529. The van der Waals surface area contributed by atoms with Crippen molar-refractivity contribution >= 4 is 0 Å². The zero-order valence-corrected chi connectivity index (χ0v) is 7.62. The highest BCUT2D eigenvalue weighted by Crippen LogP contribution is 2.28. The fraction of sp³-hybridized carbons (Fsp3) is 0.750. The van der Waals surface area contributed by atoms with Gasteiger partial charge in [0.15, 0.2) is 6.33 Å². The summed E-state index contributed by atoms with van der Waals surface area (Å²) in [6.07, 6.45) is 2.42. The normalized spacial score (nSPS) is 28.1. The van der Waals surface area contributed by atoms with E-state index in [2.05, 4.69) is 15.5 Å². The number of ether oxygens (including phenoxy) is 1. The van der Waals surface area contributed by atoms with Gasteiger partial charge in [0.2, 0.25) is 5.89 Å². The largest absolute Gasteiger partial charge is 0.384 e. The van der Waals surface area contributed by atoms with Crippen molar-refractivity contribution in [1.82, 2.24) is 15.5 Å². The highest BCUT2D eigenvalue weighted by atomic mass is 16.5. The van der Waals surface area contributed by atoms with Crippen molar-refractivity contribution < 1.29 is 9.26 Å². The van der Waals surface area contributed by atoms with Gasteiger partial charge in [0.05, 0.1) is 12.0 Å². The van der Waals surface area contributed by atoms with Crippen molar-refractivity contribution in [3.63, 3.8) is 0 Å². The van der Waals surface area contributed by atoms with Crippen molar-refractivity contribution in [1.29, 1.82) is 0 Å². The first-order valence-electron chi connectivity index (χ1n) is 4.34. The molecule has 1 fully saturated rings. The summed E-state index contributed by atoms with van der Waals surface area (Å²) in [6, 6.07) is 0. The summed E-state index contributed by atoms with van der Waals surface area (Å²) in [5.41, 5.74) is -0.106. The zero-order chi connectivity index (χ0) is 9.15. The van der Waals surface area contributed by atoms with Gasteiger partial charge in [0.25, 0.3) is 0 Å². The van der Waals surface area contributed by atoms with Gasteiger partial charge in [0.1, 0.15) is 0 Å². The van der Waals surface area contributed by atoms with E-state index in [1.54, 1.807) is 7.11 Å². The van der Waals surface area contributed by atoms with Crippen LogP contribution in [0.15, 0.2) is 10.9 Å². The summed E-state index contributed by atoms with van der Waals surface area (Å²) in [5, 5.41) is 6.90. The topological polar surface area (TPSA) is 60.2 Å². The molecule has 2 heterocycles. The number of nitrogens with one attached hydrogen (secondary N) is 1. The van der Waals surface area contributed by atoms with E-state index in [9.17, 15) is 0 Å². The fourth-order valence-electron chi connectivity index (χ4n) is 1.79. The van der Waals surface area contributed by atoms with Crippen molar-refractivity contribution in [2.75, 3.05) is 26.8 Å². The second-order valence-corrected chi connectivity index (χ2v) is 3.39. The molecule has 5 nitrogen and oxygen atoms in total. The first-order chi connectivity index (χ1) is 6.37. The molecule has 1 N–H and O–H groups in total. The lowest BCUT2D eigenvalue weighted by Crippen LogP contribution is -2.34. The summed E-state index contributed by atoms with van der Waals surface area (Å²) in [4.78, 5) is 4.09. The van der Waals surface area contributed by atoms with Crippen LogP contribution in [0, 0.1) is 0 Å². The number of hydrogen-bond donors (Lipinski definition) is 1. The van der Waals surface area contributed by atoms with Gasteiger partial charge in [0, 0.05) is 13.7 Å². The Bertz CT molecular complexity index is 254. The zero-order valence-electron chi connectivity index (χ0n) is 7.62. The van der Waals surface area contributed by atoms with E-state index >= 15 is 0 Å². The molecule has 0 aromatic carbocycles. The van der Waals surface area contributed by atoms with Gasteiger partial charge in [-0.15, -0.1) is 0 Å². The predicted molar refractivity (Wildman–Crippen MR) is 45.3 cm³/mol. The molecule has 0 aliphatic carbocycles. The molecule has 0 spiro atoms. The summed E-state index contributed by atoms with van der Waals surface area (Å²) in [6.45, 7) is 2.46. The van der Waals surface area contributed by atoms with E-state index in [-0.39, 0.29) is 5.41 Å². The molecular weight excluding hydrogens is 170 g/mol. The lowest BCUT2D eigenvalue weighted by Gasteiger charge is -2.21. The average molecular weight is 183 g/mol. The van der Waals surface area contributed by atoms with Crippen molar-refractivity contribution in [2.24, 2.45) is 0 Å². The van der Waals surface area contributed by atoms with Crippen LogP contribution in [-0.4, -0.2) is 36.9 Å². The lowest BCUT2D eigenvalue weighted by molar-refractivity contribution is 0.117. The molecular formula is C8H13N3O2. The molecule has 1 unspecified atom stereocenters. The summed E-state index contributed by atoms with van der Waals surface area (Å²) in [5.74, 6) is 0.680. The highest BCUT2D eigenvalue weighted by molar-refractivity contribution is 5.08. The van der Waals surface area contributed by atoms with Gasteiger partial charge >= 0.3 is 0 Å². The minimum atomic E-state index is -0.106. The van der Waals surface area contributed by atoms with Crippen LogP contribution in [0.5, 0.6) is 0 Å². The maximum absolute atomic E-state index is 5.19. The number of nitrogens with zero attached hydrogens (tertiary/aromatic N) is 2. The second-order valence-electron chi connectivity index (χ2n) is 3.39. The monoisotopic (exact) mass is 183 g/mol. The lowest BCUT2D eigenvalue weighted by atomic mass is 9.88. The Labute approximate surface area is 76.5 Å². The van der Waals surface area contributed by atoms with E-state index < -0.39 is 0 Å². The van der Waals surface area contributed by atoms with Gasteiger partial charge in [-0.3, -0.25) is 0 Å².